The first kappa shape index (κ1) is 28.3. The Kier molecular flexibility index (Phi) is 8.38. The number of carbonyl (C=O) groups excluding carboxylic acids is 1. The Morgan fingerprint density at radius 2 is 1.43 bits per heavy atom. The summed E-state index contributed by atoms with van der Waals surface area (Å²) in [5.41, 5.74) is -0.946. The standard InChI is InChI=1S/C23H18F7N5O.ClH/c24-15-7-18(31-11-15)21(36)34-8-12-5-16(13-1-3-19(32-9-13)22(25,26)27)35-17(6-12)14-2-4-20(33-10-14)23(28,29)30;/h1-6,9-10,15,18,31H,7-8,11H2,(H,34,36);1H. The van der Waals surface area contributed by atoms with Crippen LogP contribution in [-0.2, 0) is 23.7 Å². The molecule has 6 nitrogen and oxygen atoms in total. The van der Waals surface area contributed by atoms with E-state index in [-0.39, 0.29) is 54.4 Å². The Morgan fingerprint density at radius 1 is 0.919 bits per heavy atom. The highest BCUT2D eigenvalue weighted by Gasteiger charge is 2.33. The lowest BCUT2D eigenvalue weighted by Crippen LogP contribution is -2.40. The van der Waals surface area contributed by atoms with Gasteiger partial charge in [-0.3, -0.25) is 14.8 Å². The summed E-state index contributed by atoms with van der Waals surface area (Å²) in [6.07, 6.45) is -8.44. The quantitative estimate of drug-likeness (QED) is 0.439. The number of amides is 1. The third-order valence-electron chi connectivity index (χ3n) is 5.44. The lowest BCUT2D eigenvalue weighted by molar-refractivity contribution is -0.141. The highest BCUT2D eigenvalue weighted by atomic mass is 35.5. The molecule has 3 aromatic heterocycles. The van der Waals surface area contributed by atoms with Crippen LogP contribution >= 0.6 is 12.4 Å². The van der Waals surface area contributed by atoms with Gasteiger partial charge in [0, 0.05) is 43.0 Å². The van der Waals surface area contributed by atoms with Crippen LogP contribution in [0.1, 0.15) is 23.4 Å². The van der Waals surface area contributed by atoms with Crippen molar-refractivity contribution in [3.63, 3.8) is 0 Å². The fraction of sp³-hybridized carbons (Fsp3) is 0.304. The second kappa shape index (κ2) is 11.0. The predicted molar refractivity (Wildman–Crippen MR) is 121 cm³/mol. The molecule has 37 heavy (non-hydrogen) atoms. The van der Waals surface area contributed by atoms with Crippen molar-refractivity contribution in [2.24, 2.45) is 0 Å². The van der Waals surface area contributed by atoms with E-state index in [1.165, 1.54) is 24.3 Å². The van der Waals surface area contributed by atoms with Gasteiger partial charge in [0.15, 0.2) is 0 Å². The molecule has 4 rings (SSSR count). The van der Waals surface area contributed by atoms with Gasteiger partial charge in [-0.2, -0.15) is 26.3 Å². The summed E-state index contributed by atoms with van der Waals surface area (Å²) in [5.74, 6) is -0.442. The van der Waals surface area contributed by atoms with E-state index in [1.807, 2.05) is 0 Å². The van der Waals surface area contributed by atoms with Crippen molar-refractivity contribution in [1.82, 2.24) is 25.6 Å². The molecule has 198 valence electrons. The molecule has 2 N–H and O–H groups in total. The average molecular weight is 550 g/mol. The van der Waals surface area contributed by atoms with Gasteiger partial charge in [-0.1, -0.05) is 0 Å². The maximum Gasteiger partial charge on any atom is 0.433 e. The molecule has 4 heterocycles. The fourth-order valence-corrected chi connectivity index (χ4v) is 3.62. The SMILES string of the molecule is Cl.O=C(NCc1cc(-c2ccc(C(F)(F)F)nc2)nc(-c2ccc(C(F)(F)F)nc2)c1)C1CC(F)CN1. The summed E-state index contributed by atoms with van der Waals surface area (Å²) in [5, 5.41) is 5.40. The number of hydrogen-bond donors (Lipinski definition) is 2. The van der Waals surface area contributed by atoms with Crippen LogP contribution in [0.4, 0.5) is 30.7 Å². The highest BCUT2D eigenvalue weighted by molar-refractivity contribution is 5.85. The van der Waals surface area contributed by atoms with E-state index in [4.69, 9.17) is 0 Å². The molecule has 14 heteroatoms. The number of alkyl halides is 7. The third-order valence-corrected chi connectivity index (χ3v) is 5.44. The van der Waals surface area contributed by atoms with Gasteiger partial charge >= 0.3 is 12.4 Å². The van der Waals surface area contributed by atoms with Crippen molar-refractivity contribution in [3.05, 3.63) is 65.7 Å². The number of nitrogens with one attached hydrogen (secondary N) is 2. The van der Waals surface area contributed by atoms with Crippen molar-refractivity contribution in [3.8, 4) is 22.5 Å². The summed E-state index contributed by atoms with van der Waals surface area (Å²) in [6.45, 7) is 0.0160. The second-order valence-electron chi connectivity index (χ2n) is 8.12. The predicted octanol–water partition coefficient (Wildman–Crippen LogP) is 4.98. The second-order valence-corrected chi connectivity index (χ2v) is 8.12. The first-order valence-corrected chi connectivity index (χ1v) is 10.6. The van der Waals surface area contributed by atoms with Gasteiger partial charge in [0.05, 0.1) is 17.4 Å². The van der Waals surface area contributed by atoms with Crippen LogP contribution < -0.4 is 10.6 Å². The molecule has 0 bridgehead atoms. The van der Waals surface area contributed by atoms with Gasteiger partial charge in [-0.25, -0.2) is 9.37 Å². The largest absolute Gasteiger partial charge is 0.433 e. The molecule has 1 saturated heterocycles. The van der Waals surface area contributed by atoms with Crippen LogP contribution in [0.25, 0.3) is 22.5 Å². The van der Waals surface area contributed by atoms with Crippen molar-refractivity contribution in [1.29, 1.82) is 0 Å². The first-order valence-electron chi connectivity index (χ1n) is 10.6. The molecule has 1 aliphatic rings. The van der Waals surface area contributed by atoms with E-state index in [1.54, 1.807) is 0 Å². The molecule has 2 atom stereocenters. The number of aromatic nitrogens is 3. The Hall–Kier alpha value is -3.32. The average Bonchev–Trinajstić information content (AvgIpc) is 3.28. The van der Waals surface area contributed by atoms with Gasteiger partial charge in [0.2, 0.25) is 5.91 Å². The maximum atomic E-state index is 13.4. The van der Waals surface area contributed by atoms with Crippen LogP contribution in [0.5, 0.6) is 0 Å². The number of hydrogen-bond acceptors (Lipinski definition) is 5. The highest BCUT2D eigenvalue weighted by Crippen LogP contribution is 2.31. The zero-order valence-corrected chi connectivity index (χ0v) is 19.5. The van der Waals surface area contributed by atoms with Gasteiger partial charge < -0.3 is 10.6 Å². The molecular weight excluding hydrogens is 531 g/mol. The lowest BCUT2D eigenvalue weighted by Gasteiger charge is -2.14. The zero-order valence-electron chi connectivity index (χ0n) is 18.7. The minimum atomic E-state index is -4.64. The van der Waals surface area contributed by atoms with Gasteiger partial charge in [-0.15, -0.1) is 12.4 Å². The lowest BCUT2D eigenvalue weighted by atomic mass is 10.1. The molecular formula is C23H19ClF7N5O. The van der Waals surface area contributed by atoms with E-state index in [2.05, 4.69) is 25.6 Å². The van der Waals surface area contributed by atoms with E-state index < -0.39 is 41.9 Å². The smallest absolute Gasteiger partial charge is 0.351 e. The molecule has 0 radical (unpaired) electrons. The van der Waals surface area contributed by atoms with Gasteiger partial charge in [0.1, 0.15) is 17.6 Å². The number of rotatable bonds is 5. The first-order chi connectivity index (χ1) is 16.9. The van der Waals surface area contributed by atoms with Crippen molar-refractivity contribution in [2.75, 3.05) is 6.54 Å². The van der Waals surface area contributed by atoms with E-state index in [9.17, 15) is 35.5 Å². The summed E-state index contributed by atoms with van der Waals surface area (Å²) in [7, 11) is 0. The molecule has 0 saturated carbocycles. The van der Waals surface area contributed by atoms with Crippen LogP contribution in [0.3, 0.4) is 0 Å². The Morgan fingerprint density at radius 3 is 1.81 bits per heavy atom. The topological polar surface area (TPSA) is 79.8 Å². The molecule has 1 amide bonds. The molecule has 1 fully saturated rings. The summed E-state index contributed by atoms with van der Waals surface area (Å²) < 4.78 is 90.7. The molecule has 0 aliphatic carbocycles. The molecule has 1 aliphatic heterocycles. The summed E-state index contributed by atoms with van der Waals surface area (Å²) in [6, 6.07) is 6.20. The third kappa shape index (κ3) is 6.92. The van der Waals surface area contributed by atoms with Crippen molar-refractivity contribution < 1.29 is 35.5 Å². The number of halogens is 8. The number of carbonyl (C=O) groups is 1. The van der Waals surface area contributed by atoms with E-state index in [0.29, 0.717) is 5.56 Å². The molecule has 2 unspecified atom stereocenters. The minimum Gasteiger partial charge on any atom is -0.351 e. The van der Waals surface area contributed by atoms with Crippen molar-refractivity contribution >= 4 is 18.3 Å². The van der Waals surface area contributed by atoms with Gasteiger partial charge in [-0.05, 0) is 42.0 Å². The summed E-state index contributed by atoms with van der Waals surface area (Å²) in [4.78, 5) is 23.5. The fourth-order valence-electron chi connectivity index (χ4n) is 3.62. The van der Waals surface area contributed by atoms with Crippen LogP contribution in [0.2, 0.25) is 0 Å². The number of pyridine rings is 3. The van der Waals surface area contributed by atoms with Crippen LogP contribution in [0, 0.1) is 0 Å². The minimum absolute atomic E-state index is 0. The normalized spacial score (nSPS) is 17.8. The summed E-state index contributed by atoms with van der Waals surface area (Å²) >= 11 is 0. The Bertz CT molecular complexity index is 1160. The monoisotopic (exact) mass is 549 g/mol. The van der Waals surface area contributed by atoms with E-state index in [0.717, 1.165) is 24.5 Å². The molecule has 0 spiro atoms. The molecule has 0 aromatic carbocycles. The van der Waals surface area contributed by atoms with Gasteiger partial charge in [0.25, 0.3) is 0 Å². The number of nitrogens with zero attached hydrogens (tertiary/aromatic N) is 3. The zero-order chi connectivity index (χ0) is 26.1. The molecule has 3 aromatic rings. The van der Waals surface area contributed by atoms with Crippen molar-refractivity contribution in [2.45, 2.75) is 37.5 Å². The van der Waals surface area contributed by atoms with Crippen LogP contribution in [0.15, 0.2) is 48.8 Å². The maximum absolute atomic E-state index is 13.4. The Labute approximate surface area is 212 Å². The Balaban J connectivity index is 0.00000380. The van der Waals surface area contributed by atoms with Crippen LogP contribution in [-0.4, -0.2) is 39.6 Å². The van der Waals surface area contributed by atoms with E-state index >= 15 is 0 Å².